The van der Waals surface area contributed by atoms with Crippen molar-refractivity contribution in [2.75, 3.05) is 13.2 Å². The Morgan fingerprint density at radius 2 is 1.00 bits per heavy atom. The maximum atomic E-state index is 11.7. The Balaban J connectivity index is 3.89. The lowest BCUT2D eigenvalue weighted by atomic mass is 10.2. The summed E-state index contributed by atoms with van der Waals surface area (Å²) in [5, 5.41) is 0. The first-order valence-electron chi connectivity index (χ1n) is 10.0. The van der Waals surface area contributed by atoms with Gasteiger partial charge in [-0.05, 0) is 39.5 Å². The smallest absolute Gasteiger partial charge is 0.347 e. The van der Waals surface area contributed by atoms with Crippen molar-refractivity contribution in [1.29, 1.82) is 0 Å². The van der Waals surface area contributed by atoms with E-state index in [4.69, 9.17) is 18.9 Å². The first-order valence-corrected chi connectivity index (χ1v) is 10.0. The molecule has 0 bridgehead atoms. The van der Waals surface area contributed by atoms with Crippen molar-refractivity contribution in [1.82, 2.24) is 0 Å². The summed E-state index contributed by atoms with van der Waals surface area (Å²) in [6.07, 6.45) is 2.40. The van der Waals surface area contributed by atoms with Crippen molar-refractivity contribution in [3.63, 3.8) is 0 Å². The lowest BCUT2D eigenvalue weighted by Gasteiger charge is -2.13. The minimum absolute atomic E-state index is 0.0779. The van der Waals surface area contributed by atoms with Gasteiger partial charge in [0.2, 0.25) is 0 Å². The summed E-state index contributed by atoms with van der Waals surface area (Å²) in [5.41, 5.74) is 0. The molecule has 0 unspecified atom stereocenters. The molecule has 8 nitrogen and oxygen atoms in total. The highest BCUT2D eigenvalue weighted by Gasteiger charge is 2.20. The average molecular weight is 402 g/mol. The first-order chi connectivity index (χ1) is 13.3. The molecule has 0 fully saturated rings. The third kappa shape index (κ3) is 13.1. The molecule has 162 valence electrons. The highest BCUT2D eigenvalue weighted by Crippen LogP contribution is 2.07. The largest absolute Gasteiger partial charge is 0.463 e. The van der Waals surface area contributed by atoms with E-state index in [0.717, 1.165) is 25.7 Å². The molecule has 8 heteroatoms. The van der Waals surface area contributed by atoms with E-state index in [1.165, 1.54) is 13.8 Å². The zero-order chi connectivity index (χ0) is 21.4. The summed E-state index contributed by atoms with van der Waals surface area (Å²) < 4.78 is 20.0. The van der Waals surface area contributed by atoms with Gasteiger partial charge < -0.3 is 18.9 Å². The summed E-state index contributed by atoms with van der Waals surface area (Å²) in [6.45, 7) is 7.50. The molecule has 0 aliphatic carbocycles. The lowest BCUT2D eigenvalue weighted by Crippen LogP contribution is -2.27. The van der Waals surface area contributed by atoms with E-state index in [1.807, 2.05) is 13.8 Å². The Bertz CT molecular complexity index is 445. The van der Waals surface area contributed by atoms with Crippen LogP contribution in [0.2, 0.25) is 0 Å². The van der Waals surface area contributed by atoms with Gasteiger partial charge in [-0.2, -0.15) is 0 Å². The Morgan fingerprint density at radius 1 is 0.643 bits per heavy atom. The van der Waals surface area contributed by atoms with Crippen LogP contribution in [0.3, 0.4) is 0 Å². The van der Waals surface area contributed by atoms with Crippen LogP contribution in [0.25, 0.3) is 0 Å². The Morgan fingerprint density at radius 3 is 1.32 bits per heavy atom. The molecule has 28 heavy (non-hydrogen) atoms. The van der Waals surface area contributed by atoms with Crippen molar-refractivity contribution in [3.8, 4) is 0 Å². The number of rotatable bonds is 15. The molecule has 0 amide bonds. The van der Waals surface area contributed by atoms with Gasteiger partial charge in [0.05, 0.1) is 13.2 Å². The van der Waals surface area contributed by atoms with Gasteiger partial charge in [-0.25, -0.2) is 9.59 Å². The van der Waals surface area contributed by atoms with Crippen LogP contribution in [-0.2, 0) is 38.1 Å². The zero-order valence-corrected chi connectivity index (χ0v) is 17.5. The number of hydrogen-bond acceptors (Lipinski definition) is 8. The molecule has 0 rings (SSSR count). The Kier molecular flexibility index (Phi) is 14.7. The van der Waals surface area contributed by atoms with Crippen molar-refractivity contribution in [2.24, 2.45) is 0 Å². The molecule has 2 atom stereocenters. The van der Waals surface area contributed by atoms with Crippen LogP contribution in [0.5, 0.6) is 0 Å². The van der Waals surface area contributed by atoms with Gasteiger partial charge >= 0.3 is 23.9 Å². The molecule has 0 heterocycles. The van der Waals surface area contributed by atoms with Crippen molar-refractivity contribution in [3.05, 3.63) is 0 Å². The zero-order valence-electron chi connectivity index (χ0n) is 17.5. The fourth-order valence-electron chi connectivity index (χ4n) is 2.02. The average Bonchev–Trinajstić information content (AvgIpc) is 2.65. The number of ether oxygens (including phenoxy) is 4. The molecule has 0 spiro atoms. The molecule has 0 aliphatic heterocycles. The second kappa shape index (κ2) is 15.9. The summed E-state index contributed by atoms with van der Waals surface area (Å²) in [4.78, 5) is 46.7. The van der Waals surface area contributed by atoms with E-state index in [0.29, 0.717) is 26.1 Å². The maximum Gasteiger partial charge on any atom is 0.347 e. The molecule has 0 saturated carbocycles. The molecule has 0 aromatic heterocycles. The van der Waals surface area contributed by atoms with E-state index in [9.17, 15) is 19.2 Å². The van der Waals surface area contributed by atoms with Gasteiger partial charge in [0, 0.05) is 12.8 Å². The van der Waals surface area contributed by atoms with E-state index in [2.05, 4.69) is 0 Å². The summed E-state index contributed by atoms with van der Waals surface area (Å²) in [6, 6.07) is 0. The fourth-order valence-corrected chi connectivity index (χ4v) is 2.02. The fraction of sp³-hybridized carbons (Fsp3) is 0.800. The normalized spacial score (nSPS) is 12.6. The number of carbonyl (C=O) groups excluding carboxylic acids is 4. The quantitative estimate of drug-likeness (QED) is 0.234. The maximum absolute atomic E-state index is 11.7. The molecule has 0 N–H and O–H groups in total. The van der Waals surface area contributed by atoms with E-state index >= 15 is 0 Å². The van der Waals surface area contributed by atoms with Crippen molar-refractivity contribution >= 4 is 23.9 Å². The summed E-state index contributed by atoms with van der Waals surface area (Å²) in [7, 11) is 0. The molecule has 0 aromatic rings. The second-order valence-corrected chi connectivity index (χ2v) is 6.51. The van der Waals surface area contributed by atoms with Crippen LogP contribution < -0.4 is 0 Å². The molecule has 0 aliphatic rings. The van der Waals surface area contributed by atoms with Crippen molar-refractivity contribution < 1.29 is 38.1 Å². The Hall–Kier alpha value is -2.12. The van der Waals surface area contributed by atoms with E-state index in [-0.39, 0.29) is 12.8 Å². The summed E-state index contributed by atoms with van der Waals surface area (Å²) >= 11 is 0. The van der Waals surface area contributed by atoms with E-state index in [1.54, 1.807) is 0 Å². The van der Waals surface area contributed by atoms with Gasteiger partial charge in [0.25, 0.3) is 0 Å². The van der Waals surface area contributed by atoms with Crippen molar-refractivity contribution in [2.45, 2.75) is 91.3 Å². The van der Waals surface area contributed by atoms with E-state index < -0.39 is 36.1 Å². The van der Waals surface area contributed by atoms with Crippen LogP contribution in [0.4, 0.5) is 0 Å². The SMILES string of the molecule is CCCCOC(=O)[C@H](C)OC(=O)CCCCC(=O)O[C@H](C)C(=O)OCCCC. The van der Waals surface area contributed by atoms with Crippen LogP contribution in [-0.4, -0.2) is 49.3 Å². The number of carbonyl (C=O) groups is 4. The topological polar surface area (TPSA) is 105 Å². The molecular weight excluding hydrogens is 368 g/mol. The van der Waals surface area contributed by atoms with Gasteiger partial charge in [0.1, 0.15) is 0 Å². The Labute approximate surface area is 167 Å². The molecular formula is C20H34O8. The number of unbranched alkanes of at least 4 members (excludes halogenated alkanes) is 3. The standard InChI is InChI=1S/C20H34O8/c1-5-7-13-25-19(23)15(3)27-17(21)11-9-10-12-18(22)28-16(4)20(24)26-14-8-6-2/h15-16H,5-14H2,1-4H3/t15-,16+. The van der Waals surface area contributed by atoms with Crippen LogP contribution in [0, 0.1) is 0 Å². The van der Waals surface area contributed by atoms with Gasteiger partial charge in [-0.3, -0.25) is 9.59 Å². The molecule has 0 saturated heterocycles. The van der Waals surface area contributed by atoms with Crippen LogP contribution in [0.15, 0.2) is 0 Å². The minimum Gasteiger partial charge on any atom is -0.463 e. The van der Waals surface area contributed by atoms with Gasteiger partial charge in [0.15, 0.2) is 12.2 Å². The van der Waals surface area contributed by atoms with Gasteiger partial charge in [-0.15, -0.1) is 0 Å². The third-order valence-electron chi connectivity index (χ3n) is 3.78. The minimum atomic E-state index is -0.950. The second-order valence-electron chi connectivity index (χ2n) is 6.51. The first kappa shape index (κ1) is 25.9. The summed E-state index contributed by atoms with van der Waals surface area (Å²) in [5.74, 6) is -2.18. The third-order valence-corrected chi connectivity index (χ3v) is 3.78. The number of esters is 4. The van der Waals surface area contributed by atoms with Crippen LogP contribution >= 0.6 is 0 Å². The van der Waals surface area contributed by atoms with Gasteiger partial charge in [-0.1, -0.05) is 26.7 Å². The molecule has 0 radical (unpaired) electrons. The highest BCUT2D eigenvalue weighted by molar-refractivity contribution is 5.79. The predicted molar refractivity (Wildman–Crippen MR) is 101 cm³/mol. The van der Waals surface area contributed by atoms with Crippen LogP contribution in [0.1, 0.15) is 79.1 Å². The highest BCUT2D eigenvalue weighted by atomic mass is 16.6. The lowest BCUT2D eigenvalue weighted by molar-refractivity contribution is -0.167. The molecule has 0 aromatic carbocycles. The monoisotopic (exact) mass is 402 g/mol. The number of hydrogen-bond donors (Lipinski definition) is 0. The predicted octanol–water partition coefficient (Wildman–Crippen LogP) is 3.10.